The van der Waals surface area contributed by atoms with Gasteiger partial charge in [0.25, 0.3) is 0 Å². The second kappa shape index (κ2) is 9.46. The highest BCUT2D eigenvalue weighted by atomic mass is 35.5. The summed E-state index contributed by atoms with van der Waals surface area (Å²) in [7, 11) is 0. The molecule has 1 aliphatic rings. The minimum Gasteiger partial charge on any atom is -0.355 e. The molecule has 7 heteroatoms. The van der Waals surface area contributed by atoms with Crippen molar-refractivity contribution in [3.8, 4) is 0 Å². The summed E-state index contributed by atoms with van der Waals surface area (Å²) in [6.07, 6.45) is 3.12. The quantitative estimate of drug-likeness (QED) is 0.518. The van der Waals surface area contributed by atoms with Crippen LogP contribution in [0.2, 0.25) is 5.02 Å². The van der Waals surface area contributed by atoms with Crippen molar-refractivity contribution in [3.05, 3.63) is 76.6 Å². The molecule has 2 aromatic carbocycles. The molecule has 5 nitrogen and oxygen atoms in total. The number of hydrogen-bond donors (Lipinski definition) is 1. The van der Waals surface area contributed by atoms with Crippen molar-refractivity contribution in [2.75, 3.05) is 12.3 Å². The Hall–Kier alpha value is -2.31. The smallest absolute Gasteiger partial charge is 0.230 e. The number of hydrogen-bond acceptors (Lipinski definition) is 4. The molecule has 0 aliphatic heterocycles. The van der Waals surface area contributed by atoms with Gasteiger partial charge < -0.3 is 9.88 Å². The van der Waals surface area contributed by atoms with E-state index >= 15 is 0 Å². The molecule has 0 atom stereocenters. The number of rotatable bonds is 9. The molecule has 1 aliphatic carbocycles. The van der Waals surface area contributed by atoms with Crippen molar-refractivity contribution in [1.29, 1.82) is 0 Å². The third-order valence-electron chi connectivity index (χ3n) is 4.85. The fraction of sp³-hybridized carbons (Fsp3) is 0.318. The third kappa shape index (κ3) is 5.61. The lowest BCUT2D eigenvalue weighted by molar-refractivity contribution is -0.118. The summed E-state index contributed by atoms with van der Waals surface area (Å²) in [6.45, 7) is 1.34. The predicted molar refractivity (Wildman–Crippen MR) is 116 cm³/mol. The van der Waals surface area contributed by atoms with Crippen LogP contribution in [0.5, 0.6) is 0 Å². The molecule has 1 fully saturated rings. The van der Waals surface area contributed by atoms with Gasteiger partial charge in [-0.2, -0.15) is 0 Å². The lowest BCUT2D eigenvalue weighted by atomic mass is 10.1. The number of nitrogens with zero attached hydrogens (tertiary/aromatic N) is 3. The Morgan fingerprint density at radius 1 is 1.07 bits per heavy atom. The van der Waals surface area contributed by atoms with E-state index in [1.54, 1.807) is 0 Å². The third-order valence-corrected chi connectivity index (χ3v) is 6.07. The van der Waals surface area contributed by atoms with Gasteiger partial charge in [0.1, 0.15) is 5.82 Å². The van der Waals surface area contributed by atoms with E-state index in [2.05, 4.69) is 32.2 Å². The van der Waals surface area contributed by atoms with E-state index in [0.29, 0.717) is 18.2 Å². The van der Waals surface area contributed by atoms with Gasteiger partial charge in [0.05, 0.1) is 12.3 Å². The zero-order chi connectivity index (χ0) is 20.1. The van der Waals surface area contributed by atoms with Gasteiger partial charge in [0.15, 0.2) is 5.16 Å². The van der Waals surface area contributed by atoms with Crippen LogP contribution in [0, 0.1) is 0 Å². The van der Waals surface area contributed by atoms with Crippen molar-refractivity contribution in [2.45, 2.75) is 36.9 Å². The molecule has 1 amide bonds. The van der Waals surface area contributed by atoms with Gasteiger partial charge in [-0.1, -0.05) is 65.8 Å². The number of amides is 1. The summed E-state index contributed by atoms with van der Waals surface area (Å²) in [5, 5.41) is 13.3. The molecule has 150 valence electrons. The Balaban J connectivity index is 1.31. The van der Waals surface area contributed by atoms with Crippen molar-refractivity contribution in [2.24, 2.45) is 0 Å². The fourth-order valence-corrected chi connectivity index (χ4v) is 4.04. The van der Waals surface area contributed by atoms with Crippen LogP contribution in [0.3, 0.4) is 0 Å². The largest absolute Gasteiger partial charge is 0.355 e. The van der Waals surface area contributed by atoms with Gasteiger partial charge in [-0.05, 0) is 42.5 Å². The number of aromatic nitrogens is 3. The molecular weight excluding hydrogens is 404 g/mol. The SMILES string of the molecule is O=C(CSc1nnc(C2CC2)n1Cc1ccccc1)NCCc1ccc(Cl)cc1. The summed E-state index contributed by atoms with van der Waals surface area (Å²) in [5.41, 5.74) is 2.36. The highest BCUT2D eigenvalue weighted by Crippen LogP contribution is 2.40. The maximum atomic E-state index is 12.3. The van der Waals surface area contributed by atoms with Gasteiger partial charge in [0, 0.05) is 17.5 Å². The highest BCUT2D eigenvalue weighted by molar-refractivity contribution is 7.99. The van der Waals surface area contributed by atoms with Crippen LogP contribution < -0.4 is 5.32 Å². The molecule has 3 aromatic rings. The zero-order valence-corrected chi connectivity index (χ0v) is 17.6. The Bertz CT molecular complexity index is 955. The van der Waals surface area contributed by atoms with E-state index in [1.165, 1.54) is 30.2 Å². The Morgan fingerprint density at radius 3 is 2.55 bits per heavy atom. The first-order valence-corrected chi connectivity index (χ1v) is 11.2. The van der Waals surface area contributed by atoms with E-state index < -0.39 is 0 Å². The van der Waals surface area contributed by atoms with Crippen LogP contribution in [0.25, 0.3) is 0 Å². The van der Waals surface area contributed by atoms with Crippen molar-refractivity contribution in [3.63, 3.8) is 0 Å². The normalized spacial score (nSPS) is 13.4. The van der Waals surface area contributed by atoms with Crippen LogP contribution in [0.15, 0.2) is 59.8 Å². The van der Waals surface area contributed by atoms with Gasteiger partial charge in [-0.3, -0.25) is 4.79 Å². The molecule has 29 heavy (non-hydrogen) atoms. The predicted octanol–water partition coefficient (Wildman–Crippen LogP) is 4.31. The standard InChI is InChI=1S/C22H23ClN4OS/c23-19-10-6-16(7-11-19)12-13-24-20(28)15-29-22-26-25-21(18-8-9-18)27(22)14-17-4-2-1-3-5-17/h1-7,10-11,18H,8-9,12-15H2,(H,24,28). The van der Waals surface area contributed by atoms with Crippen LogP contribution in [0.1, 0.15) is 35.7 Å². The number of benzene rings is 2. The van der Waals surface area contributed by atoms with E-state index in [-0.39, 0.29) is 5.91 Å². The lowest BCUT2D eigenvalue weighted by Gasteiger charge is -2.10. The Labute approximate surface area is 179 Å². The second-order valence-corrected chi connectivity index (χ2v) is 8.58. The zero-order valence-electron chi connectivity index (χ0n) is 16.1. The number of thioether (sulfide) groups is 1. The van der Waals surface area contributed by atoms with Crippen molar-refractivity contribution < 1.29 is 4.79 Å². The summed E-state index contributed by atoms with van der Waals surface area (Å²) in [4.78, 5) is 12.3. The molecular formula is C22H23ClN4OS. The van der Waals surface area contributed by atoms with E-state index in [9.17, 15) is 4.79 Å². The molecule has 1 saturated carbocycles. The van der Waals surface area contributed by atoms with E-state index in [1.807, 2.05) is 42.5 Å². The molecule has 0 spiro atoms. The molecule has 0 radical (unpaired) electrons. The molecule has 1 aromatic heterocycles. The molecule has 1 heterocycles. The molecule has 4 rings (SSSR count). The van der Waals surface area contributed by atoms with Crippen molar-refractivity contribution in [1.82, 2.24) is 20.1 Å². The van der Waals surface area contributed by atoms with Gasteiger partial charge in [0.2, 0.25) is 5.91 Å². The van der Waals surface area contributed by atoms with Gasteiger partial charge in [-0.25, -0.2) is 0 Å². The van der Waals surface area contributed by atoms with Crippen molar-refractivity contribution >= 4 is 29.3 Å². The van der Waals surface area contributed by atoms with Gasteiger partial charge in [-0.15, -0.1) is 10.2 Å². The average molecular weight is 427 g/mol. The maximum Gasteiger partial charge on any atom is 0.230 e. The first-order chi connectivity index (χ1) is 14.2. The van der Waals surface area contributed by atoms with Crippen LogP contribution in [-0.2, 0) is 17.8 Å². The minimum atomic E-state index is 0.00574. The van der Waals surface area contributed by atoms with E-state index in [4.69, 9.17) is 11.6 Å². The monoisotopic (exact) mass is 426 g/mol. The first-order valence-electron chi connectivity index (χ1n) is 9.80. The molecule has 0 bridgehead atoms. The molecule has 0 unspecified atom stereocenters. The maximum absolute atomic E-state index is 12.3. The number of nitrogens with one attached hydrogen (secondary N) is 1. The summed E-state index contributed by atoms with van der Waals surface area (Å²) < 4.78 is 2.17. The molecule has 1 N–H and O–H groups in total. The topological polar surface area (TPSA) is 59.8 Å². The number of carbonyl (C=O) groups excluding carboxylic acids is 1. The average Bonchev–Trinajstić information content (AvgIpc) is 3.50. The minimum absolute atomic E-state index is 0.00574. The van der Waals surface area contributed by atoms with Crippen LogP contribution in [-0.4, -0.2) is 33.0 Å². The second-order valence-electron chi connectivity index (χ2n) is 7.20. The molecule has 0 saturated heterocycles. The van der Waals surface area contributed by atoms with E-state index in [0.717, 1.165) is 34.5 Å². The Morgan fingerprint density at radius 2 is 1.83 bits per heavy atom. The first kappa shape index (κ1) is 20.0. The summed E-state index contributed by atoms with van der Waals surface area (Å²) >= 11 is 7.35. The number of halogens is 1. The number of carbonyl (C=O) groups is 1. The lowest BCUT2D eigenvalue weighted by Crippen LogP contribution is -2.27. The highest BCUT2D eigenvalue weighted by Gasteiger charge is 2.30. The van der Waals surface area contributed by atoms with Crippen LogP contribution >= 0.6 is 23.4 Å². The Kier molecular flexibility index (Phi) is 6.52. The van der Waals surface area contributed by atoms with Crippen LogP contribution in [0.4, 0.5) is 0 Å². The fourth-order valence-electron chi connectivity index (χ4n) is 3.14. The summed E-state index contributed by atoms with van der Waals surface area (Å²) in [6, 6.07) is 18.0. The van der Waals surface area contributed by atoms with Gasteiger partial charge >= 0.3 is 0 Å². The summed E-state index contributed by atoms with van der Waals surface area (Å²) in [5.74, 6) is 1.89.